The summed E-state index contributed by atoms with van der Waals surface area (Å²) in [7, 11) is 0. The highest BCUT2D eigenvalue weighted by Crippen LogP contribution is 2.48. The summed E-state index contributed by atoms with van der Waals surface area (Å²) < 4.78 is 0. The average Bonchev–Trinajstić information content (AvgIpc) is 2.88. The number of nitrogens with one attached hydrogen (secondary N) is 1. The van der Waals surface area contributed by atoms with E-state index in [0.29, 0.717) is 6.54 Å². The molecule has 5 heteroatoms. The molecule has 1 amide bonds. The summed E-state index contributed by atoms with van der Waals surface area (Å²) in [6.07, 6.45) is 4.86. The fraction of sp³-hybridized carbons (Fsp3) is 0.583. The Morgan fingerprint density at radius 2 is 2.00 bits per heavy atom. The molecule has 0 radical (unpaired) electrons. The first-order valence-corrected chi connectivity index (χ1v) is 5.71. The molecule has 2 unspecified atom stereocenters. The summed E-state index contributed by atoms with van der Waals surface area (Å²) in [6, 6.07) is 1.94. The van der Waals surface area contributed by atoms with E-state index < -0.39 is 17.8 Å². The maximum absolute atomic E-state index is 11.9. The molecule has 1 saturated carbocycles. The highest BCUT2D eigenvalue weighted by Gasteiger charge is 2.51. The van der Waals surface area contributed by atoms with E-state index in [4.69, 9.17) is 10.4 Å². The van der Waals surface area contributed by atoms with Gasteiger partial charge in [-0.1, -0.05) is 12.2 Å². The second-order valence-corrected chi connectivity index (χ2v) is 4.54. The van der Waals surface area contributed by atoms with Crippen molar-refractivity contribution in [3.05, 3.63) is 12.2 Å². The molecule has 0 aromatic rings. The van der Waals surface area contributed by atoms with E-state index in [1.54, 1.807) is 0 Å². The number of carbonyl (C=O) groups excluding carboxylic acids is 1. The summed E-state index contributed by atoms with van der Waals surface area (Å²) in [5.74, 6) is -2.17. The number of nitriles is 1. The molecule has 0 spiro atoms. The number of fused-ring (bicyclic) bond motifs is 2. The van der Waals surface area contributed by atoms with Crippen molar-refractivity contribution in [3.8, 4) is 6.07 Å². The molecule has 2 rings (SSSR count). The van der Waals surface area contributed by atoms with Crippen molar-refractivity contribution in [2.75, 3.05) is 6.54 Å². The van der Waals surface area contributed by atoms with Crippen LogP contribution in [0.15, 0.2) is 12.2 Å². The van der Waals surface area contributed by atoms with Crippen LogP contribution in [-0.2, 0) is 9.59 Å². The molecule has 2 aliphatic carbocycles. The highest BCUT2D eigenvalue weighted by atomic mass is 16.4. The van der Waals surface area contributed by atoms with Crippen LogP contribution in [0.1, 0.15) is 12.8 Å². The maximum Gasteiger partial charge on any atom is 0.307 e. The molecule has 1 fully saturated rings. The second kappa shape index (κ2) is 4.58. The Bertz CT molecular complexity index is 410. The van der Waals surface area contributed by atoms with Crippen molar-refractivity contribution in [3.63, 3.8) is 0 Å². The molecule has 2 aliphatic rings. The van der Waals surface area contributed by atoms with Crippen molar-refractivity contribution in [2.24, 2.45) is 23.7 Å². The number of carboxylic acids is 1. The Labute approximate surface area is 99.1 Å². The van der Waals surface area contributed by atoms with Crippen LogP contribution in [0.25, 0.3) is 0 Å². The minimum Gasteiger partial charge on any atom is -0.481 e. The van der Waals surface area contributed by atoms with Gasteiger partial charge >= 0.3 is 5.97 Å². The van der Waals surface area contributed by atoms with Gasteiger partial charge in [0.25, 0.3) is 0 Å². The number of allylic oxidation sites excluding steroid dienone is 2. The predicted octanol–water partition coefficient (Wildman–Crippen LogP) is 0.539. The fourth-order valence-corrected chi connectivity index (χ4v) is 2.88. The molecule has 0 saturated heterocycles. The first-order valence-electron chi connectivity index (χ1n) is 5.71. The van der Waals surface area contributed by atoms with Crippen LogP contribution >= 0.6 is 0 Å². The zero-order valence-electron chi connectivity index (χ0n) is 9.30. The molecule has 0 heterocycles. The van der Waals surface area contributed by atoms with Gasteiger partial charge in [-0.15, -0.1) is 0 Å². The molecule has 2 N–H and O–H groups in total. The third kappa shape index (κ3) is 2.03. The van der Waals surface area contributed by atoms with E-state index in [9.17, 15) is 9.59 Å². The lowest BCUT2D eigenvalue weighted by Gasteiger charge is -2.23. The number of amides is 1. The third-order valence-corrected chi connectivity index (χ3v) is 3.58. The average molecular weight is 234 g/mol. The number of aliphatic carboxylic acids is 1. The lowest BCUT2D eigenvalue weighted by atomic mass is 9.82. The van der Waals surface area contributed by atoms with Crippen molar-refractivity contribution in [1.29, 1.82) is 5.26 Å². The number of carboxylic acid groups (broad SMARTS) is 1. The molecule has 5 nitrogen and oxygen atoms in total. The van der Waals surface area contributed by atoms with Gasteiger partial charge in [0.1, 0.15) is 0 Å². The van der Waals surface area contributed by atoms with Gasteiger partial charge in [0, 0.05) is 6.54 Å². The maximum atomic E-state index is 11.9. The zero-order chi connectivity index (χ0) is 12.4. The van der Waals surface area contributed by atoms with Crippen molar-refractivity contribution in [2.45, 2.75) is 12.8 Å². The zero-order valence-corrected chi connectivity index (χ0v) is 9.30. The quantitative estimate of drug-likeness (QED) is 0.548. The molecule has 0 aromatic heterocycles. The van der Waals surface area contributed by atoms with Gasteiger partial charge in [-0.05, 0) is 18.3 Å². The molecule has 90 valence electrons. The molecule has 0 aromatic carbocycles. The summed E-state index contributed by atoms with van der Waals surface area (Å²) in [5, 5.41) is 20.2. The Balaban J connectivity index is 2.04. The Morgan fingerprint density at radius 1 is 1.35 bits per heavy atom. The topological polar surface area (TPSA) is 90.2 Å². The van der Waals surface area contributed by atoms with Crippen LogP contribution in [0.2, 0.25) is 0 Å². The summed E-state index contributed by atoms with van der Waals surface area (Å²) >= 11 is 0. The number of carbonyl (C=O) groups is 2. The van der Waals surface area contributed by atoms with E-state index >= 15 is 0 Å². The first-order chi connectivity index (χ1) is 8.15. The van der Waals surface area contributed by atoms with Gasteiger partial charge in [-0.25, -0.2) is 0 Å². The van der Waals surface area contributed by atoms with Gasteiger partial charge in [-0.3, -0.25) is 9.59 Å². The second-order valence-electron chi connectivity index (χ2n) is 4.54. The van der Waals surface area contributed by atoms with Gasteiger partial charge in [-0.2, -0.15) is 5.26 Å². The standard InChI is InChI=1S/C12H14N2O3/c13-4-1-5-14-11(15)9-7-2-3-8(6-7)10(9)12(16)17/h2-3,7-10H,1,5-6H2,(H,14,15)(H,16,17)/t7?,8?,9-,10+/m0/s1. The largest absolute Gasteiger partial charge is 0.481 e. The normalized spacial score (nSPS) is 33.4. The molecular weight excluding hydrogens is 220 g/mol. The highest BCUT2D eigenvalue weighted by molar-refractivity contribution is 5.86. The van der Waals surface area contributed by atoms with Crippen LogP contribution in [0.3, 0.4) is 0 Å². The Hall–Kier alpha value is -1.83. The summed E-state index contributed by atoms with van der Waals surface area (Å²) in [5.41, 5.74) is 0. The minimum absolute atomic E-state index is 0.00998. The minimum atomic E-state index is -0.901. The van der Waals surface area contributed by atoms with Crippen LogP contribution in [0, 0.1) is 35.0 Å². The summed E-state index contributed by atoms with van der Waals surface area (Å²) in [4.78, 5) is 23.1. The lowest BCUT2D eigenvalue weighted by Crippen LogP contribution is -2.40. The van der Waals surface area contributed by atoms with Crippen LogP contribution < -0.4 is 5.32 Å². The van der Waals surface area contributed by atoms with E-state index in [0.717, 1.165) is 6.42 Å². The molecule has 0 aliphatic heterocycles. The number of hydrogen-bond donors (Lipinski definition) is 2. The Morgan fingerprint density at radius 3 is 2.59 bits per heavy atom. The van der Waals surface area contributed by atoms with E-state index in [1.807, 2.05) is 18.2 Å². The van der Waals surface area contributed by atoms with Crippen LogP contribution in [0.4, 0.5) is 0 Å². The van der Waals surface area contributed by atoms with E-state index in [-0.39, 0.29) is 24.2 Å². The van der Waals surface area contributed by atoms with Crippen LogP contribution in [-0.4, -0.2) is 23.5 Å². The number of hydrogen-bond acceptors (Lipinski definition) is 3. The fourth-order valence-electron chi connectivity index (χ4n) is 2.88. The third-order valence-electron chi connectivity index (χ3n) is 3.58. The first kappa shape index (κ1) is 11.6. The predicted molar refractivity (Wildman–Crippen MR) is 58.6 cm³/mol. The monoisotopic (exact) mass is 234 g/mol. The lowest BCUT2D eigenvalue weighted by molar-refractivity contribution is -0.147. The van der Waals surface area contributed by atoms with Crippen molar-refractivity contribution < 1.29 is 14.7 Å². The van der Waals surface area contributed by atoms with Crippen molar-refractivity contribution >= 4 is 11.9 Å². The molecular formula is C12H14N2O3. The number of nitrogens with zero attached hydrogens (tertiary/aromatic N) is 1. The molecule has 2 bridgehead atoms. The van der Waals surface area contributed by atoms with Gasteiger partial charge in [0.05, 0.1) is 24.3 Å². The molecule has 4 atom stereocenters. The van der Waals surface area contributed by atoms with E-state index in [1.165, 1.54) is 0 Å². The number of rotatable bonds is 4. The molecule has 17 heavy (non-hydrogen) atoms. The van der Waals surface area contributed by atoms with Crippen LogP contribution in [0.5, 0.6) is 0 Å². The van der Waals surface area contributed by atoms with Gasteiger partial charge in [0.15, 0.2) is 0 Å². The summed E-state index contributed by atoms with van der Waals surface area (Å²) in [6.45, 7) is 0.291. The Kier molecular flexibility index (Phi) is 3.14. The van der Waals surface area contributed by atoms with Gasteiger partial charge < -0.3 is 10.4 Å². The smallest absolute Gasteiger partial charge is 0.307 e. The van der Waals surface area contributed by atoms with Gasteiger partial charge in [0.2, 0.25) is 5.91 Å². The van der Waals surface area contributed by atoms with Crippen molar-refractivity contribution in [1.82, 2.24) is 5.32 Å². The van der Waals surface area contributed by atoms with E-state index in [2.05, 4.69) is 5.32 Å². The SMILES string of the molecule is N#CCCNC(=O)[C@H]1C2C=CC(C2)[C@H]1C(=O)O.